The number of epoxide rings is 1. The third-order valence-electron chi connectivity index (χ3n) is 11.7. The van der Waals surface area contributed by atoms with Gasteiger partial charge in [-0.3, -0.25) is 4.79 Å². The molecule has 0 bridgehead atoms. The summed E-state index contributed by atoms with van der Waals surface area (Å²) in [6.45, 7) is 8.99. The molecule has 4 N–H and O–H groups in total. The first-order valence-corrected chi connectivity index (χ1v) is 16.0. The van der Waals surface area contributed by atoms with Crippen molar-refractivity contribution in [2.24, 2.45) is 29.1 Å². The Morgan fingerprint density at radius 1 is 1.12 bits per heavy atom. The molecule has 0 aromatic rings. The van der Waals surface area contributed by atoms with Gasteiger partial charge >= 0.3 is 5.97 Å². The number of aliphatic hydroxyl groups is 4. The lowest BCUT2D eigenvalue weighted by Crippen LogP contribution is -2.65. The molecule has 0 spiro atoms. The monoisotopic (exact) mass is 586 g/mol. The first-order valence-electron chi connectivity index (χ1n) is 16.0. The van der Waals surface area contributed by atoms with Gasteiger partial charge in [-0.15, -0.1) is 0 Å². The van der Waals surface area contributed by atoms with E-state index >= 15 is 0 Å². The van der Waals surface area contributed by atoms with Gasteiger partial charge in [0.05, 0.1) is 18.3 Å². The average Bonchev–Trinajstić information content (AvgIpc) is 3.76. The van der Waals surface area contributed by atoms with Gasteiger partial charge in [-0.25, -0.2) is 4.79 Å². The molecule has 8 nitrogen and oxygen atoms in total. The zero-order chi connectivity index (χ0) is 30.7. The van der Waals surface area contributed by atoms with Crippen molar-refractivity contribution in [3.63, 3.8) is 0 Å². The highest BCUT2D eigenvalue weighted by atomic mass is 16.6. The molecule has 4 fully saturated rings. The summed E-state index contributed by atoms with van der Waals surface area (Å²) in [5, 5.41) is 46.1. The highest BCUT2D eigenvalue weighted by Crippen LogP contribution is 2.79. The van der Waals surface area contributed by atoms with E-state index in [-0.39, 0.29) is 11.5 Å². The molecular weight excluding hydrogens is 536 g/mol. The number of Topliss-reactive ketones (excluding diaryl/α,β-unsaturated/α-hetero) is 1. The summed E-state index contributed by atoms with van der Waals surface area (Å²) in [7, 11) is 0. The molecule has 0 radical (unpaired) electrons. The predicted molar refractivity (Wildman–Crippen MR) is 157 cm³/mol. The van der Waals surface area contributed by atoms with E-state index in [0.29, 0.717) is 6.42 Å². The molecule has 1 saturated heterocycles. The Morgan fingerprint density at radius 3 is 2.45 bits per heavy atom. The number of esters is 1. The molecule has 42 heavy (non-hydrogen) atoms. The summed E-state index contributed by atoms with van der Waals surface area (Å²) in [6, 6.07) is 0. The minimum Gasteiger partial charge on any atom is -0.455 e. The Morgan fingerprint density at radius 2 is 1.79 bits per heavy atom. The molecule has 234 valence electrons. The average molecular weight is 587 g/mol. The molecule has 3 saturated carbocycles. The van der Waals surface area contributed by atoms with E-state index in [0.717, 1.165) is 12.8 Å². The van der Waals surface area contributed by atoms with E-state index < -0.39 is 76.1 Å². The van der Waals surface area contributed by atoms with E-state index in [2.05, 4.69) is 13.0 Å². The van der Waals surface area contributed by atoms with Crippen molar-refractivity contribution in [3.05, 3.63) is 36.0 Å². The third kappa shape index (κ3) is 4.34. The van der Waals surface area contributed by atoms with E-state index in [4.69, 9.17) is 9.47 Å². The van der Waals surface area contributed by atoms with Crippen LogP contribution in [0.5, 0.6) is 0 Å². The van der Waals surface area contributed by atoms with Crippen LogP contribution >= 0.6 is 0 Å². The molecule has 0 aromatic carbocycles. The van der Waals surface area contributed by atoms with Crippen LogP contribution in [-0.4, -0.2) is 73.4 Å². The maximum atomic E-state index is 13.2. The second-order valence-corrected chi connectivity index (χ2v) is 14.3. The molecule has 1 heterocycles. The van der Waals surface area contributed by atoms with E-state index in [1.54, 1.807) is 19.1 Å². The fourth-order valence-corrected chi connectivity index (χ4v) is 9.18. The summed E-state index contributed by atoms with van der Waals surface area (Å²) in [6.07, 6.45) is 16.2. The quantitative estimate of drug-likeness (QED) is 0.0888. The Bertz CT molecular complexity index is 1170. The summed E-state index contributed by atoms with van der Waals surface area (Å²) >= 11 is 0. The fraction of sp³-hybridized carbons (Fsp3) is 0.765. The molecule has 8 heteroatoms. The Labute approximate surface area is 249 Å². The molecule has 0 unspecified atom stereocenters. The van der Waals surface area contributed by atoms with E-state index in [1.165, 1.54) is 44.6 Å². The van der Waals surface area contributed by atoms with Crippen LogP contribution in [0.25, 0.3) is 0 Å². The lowest BCUT2D eigenvalue weighted by Gasteiger charge is -2.51. The topological polar surface area (TPSA) is 137 Å². The second kappa shape index (κ2) is 11.0. The number of unbranched alkanes of at least 4 members (excludes halogenated alkanes) is 7. The molecule has 5 aliphatic rings. The van der Waals surface area contributed by atoms with Crippen molar-refractivity contribution in [2.75, 3.05) is 6.61 Å². The highest BCUT2D eigenvalue weighted by Gasteiger charge is 2.90. The van der Waals surface area contributed by atoms with Gasteiger partial charge in [-0.05, 0) is 37.7 Å². The number of hydrogen-bond donors (Lipinski definition) is 4. The number of carbonyl (C=O) groups excluding carboxylic acids is 2. The summed E-state index contributed by atoms with van der Waals surface area (Å²) in [4.78, 5) is 26.3. The van der Waals surface area contributed by atoms with Gasteiger partial charge in [0.1, 0.15) is 17.3 Å². The molecule has 1 aliphatic heterocycles. The van der Waals surface area contributed by atoms with Crippen molar-refractivity contribution in [2.45, 2.75) is 127 Å². The molecule has 10 atom stereocenters. The van der Waals surface area contributed by atoms with Crippen LogP contribution in [0.15, 0.2) is 36.0 Å². The minimum absolute atomic E-state index is 0.261. The van der Waals surface area contributed by atoms with Gasteiger partial charge < -0.3 is 29.9 Å². The normalized spacial score (nSPS) is 44.7. The third-order valence-corrected chi connectivity index (χ3v) is 11.7. The molecular formula is C34H50O8. The van der Waals surface area contributed by atoms with E-state index in [9.17, 15) is 30.0 Å². The van der Waals surface area contributed by atoms with Crippen LogP contribution in [0, 0.1) is 29.1 Å². The summed E-state index contributed by atoms with van der Waals surface area (Å²) < 4.78 is 12.2. The Balaban J connectivity index is 1.31. The predicted octanol–water partition coefficient (Wildman–Crippen LogP) is 3.95. The zero-order valence-electron chi connectivity index (χ0n) is 25.8. The van der Waals surface area contributed by atoms with Crippen molar-refractivity contribution in [1.29, 1.82) is 0 Å². The SMILES string of the molecule is CCCCCCCCC/C=C\C=C/C(=O)O[C@@]12C[C@@H](C)[C@@]3(O)[C@H]([C@@H]1C2(C)C)[C@@H]1O[C@]1(CO)[C@@H](O)[C@]1(O)C(=O)C(C)=C[C@H]13. The van der Waals surface area contributed by atoms with Crippen LogP contribution in [0.1, 0.15) is 92.4 Å². The largest absolute Gasteiger partial charge is 0.455 e. The van der Waals surface area contributed by atoms with Crippen LogP contribution in [0.3, 0.4) is 0 Å². The second-order valence-electron chi connectivity index (χ2n) is 14.3. The van der Waals surface area contributed by atoms with Crippen LogP contribution < -0.4 is 0 Å². The van der Waals surface area contributed by atoms with Gasteiger partial charge in [0.15, 0.2) is 11.4 Å². The first kappa shape index (κ1) is 31.6. The Kier molecular flexibility index (Phi) is 8.23. The van der Waals surface area contributed by atoms with Gasteiger partial charge in [-0.1, -0.05) is 90.5 Å². The minimum atomic E-state index is -2.32. The maximum Gasteiger partial charge on any atom is 0.331 e. The van der Waals surface area contributed by atoms with Crippen molar-refractivity contribution < 1.29 is 39.5 Å². The number of carbonyl (C=O) groups is 2. The molecule has 0 aromatic heterocycles. The number of ether oxygens (including phenoxy) is 2. The van der Waals surface area contributed by atoms with Crippen LogP contribution in [0.4, 0.5) is 0 Å². The number of hydrogen-bond acceptors (Lipinski definition) is 8. The summed E-state index contributed by atoms with van der Waals surface area (Å²) in [5.41, 5.74) is -6.72. The molecule has 4 aliphatic carbocycles. The van der Waals surface area contributed by atoms with Gasteiger partial charge in [0.25, 0.3) is 0 Å². The number of allylic oxidation sites excluding steroid dienone is 3. The maximum absolute atomic E-state index is 13.2. The van der Waals surface area contributed by atoms with Crippen LogP contribution in [0.2, 0.25) is 0 Å². The molecule has 5 rings (SSSR count). The highest BCUT2D eigenvalue weighted by molar-refractivity contribution is 6.05. The number of fused-ring (bicyclic) bond motifs is 7. The van der Waals surface area contributed by atoms with Crippen molar-refractivity contribution >= 4 is 11.8 Å². The van der Waals surface area contributed by atoms with Gasteiger partial charge in [-0.2, -0.15) is 0 Å². The van der Waals surface area contributed by atoms with Crippen LogP contribution in [-0.2, 0) is 19.1 Å². The summed E-state index contributed by atoms with van der Waals surface area (Å²) in [5.74, 6) is -3.78. The van der Waals surface area contributed by atoms with Crippen molar-refractivity contribution in [3.8, 4) is 0 Å². The smallest absolute Gasteiger partial charge is 0.331 e. The Hall–Kier alpha value is -1.84. The van der Waals surface area contributed by atoms with Crippen molar-refractivity contribution in [1.82, 2.24) is 0 Å². The fourth-order valence-electron chi connectivity index (χ4n) is 9.18. The van der Waals surface area contributed by atoms with E-state index in [1.807, 2.05) is 26.8 Å². The first-order chi connectivity index (χ1) is 19.8. The van der Waals surface area contributed by atoms with Gasteiger partial charge in [0, 0.05) is 29.2 Å². The zero-order valence-corrected chi connectivity index (χ0v) is 25.8. The van der Waals surface area contributed by atoms with Gasteiger partial charge in [0.2, 0.25) is 0 Å². The number of ketones is 1. The lowest BCUT2D eigenvalue weighted by molar-refractivity contribution is -0.214. The number of aliphatic hydroxyl groups excluding tert-OH is 2. The number of rotatable bonds is 12. The lowest BCUT2D eigenvalue weighted by atomic mass is 9.59. The standard InChI is InChI=1S/C34H50O8/c1-6-7-8-9-10-11-12-13-14-15-16-17-24(36)41-32-19-22(3)33(39)23-18-21(2)27(37)34(23,40)29(38)31(20-35)28(42-31)25(33)26(32)30(32,4)5/h14-18,22-23,25-26,28-29,35,38-40H,6-13,19-20H2,1-5H3/b15-14-,17-16-/t22-,23+,25-,26-,28+,29-,31+,32+,33+,34-/m1/s1. The molecule has 0 amide bonds.